The molecule has 2 atom stereocenters. The molecule has 1 fully saturated rings. The quantitative estimate of drug-likeness (QED) is 0.793. The Balaban J connectivity index is 2.18. The number of fused-ring (bicyclic) bond motifs is 1. The predicted molar refractivity (Wildman–Crippen MR) is 68.8 cm³/mol. The highest BCUT2D eigenvalue weighted by Crippen LogP contribution is 2.38. The summed E-state index contributed by atoms with van der Waals surface area (Å²) in [5.74, 6) is 1.30. The zero-order valence-electron chi connectivity index (χ0n) is 11.3. The topological polar surface area (TPSA) is 44.7 Å². The Hall–Kier alpha value is -1.06. The molecule has 1 heterocycles. The molecule has 1 saturated carbocycles. The monoisotopic (exact) mass is 237 g/mol. The Labute approximate surface area is 103 Å². The van der Waals surface area contributed by atoms with Gasteiger partial charge in [0.25, 0.3) is 0 Å². The summed E-state index contributed by atoms with van der Waals surface area (Å²) in [5, 5.41) is 4.41. The van der Waals surface area contributed by atoms with E-state index in [-0.39, 0.29) is 17.4 Å². The first-order chi connectivity index (χ1) is 7.98. The van der Waals surface area contributed by atoms with E-state index in [2.05, 4.69) is 43.1 Å². The van der Waals surface area contributed by atoms with Gasteiger partial charge in [0.05, 0.1) is 12.0 Å². The van der Waals surface area contributed by atoms with E-state index in [1.54, 1.807) is 0 Å². The smallest absolute Gasteiger partial charge is 0.146 e. The molecule has 0 aromatic carbocycles. The second-order valence-electron chi connectivity index (χ2n) is 5.87. The first-order valence-corrected chi connectivity index (χ1v) is 6.59. The van der Waals surface area contributed by atoms with Crippen LogP contribution in [0.3, 0.4) is 0 Å². The third kappa shape index (κ3) is 2.17. The maximum atomic E-state index is 12.3. The first kappa shape index (κ1) is 12.4. The lowest BCUT2D eigenvalue weighted by atomic mass is 9.69. The average Bonchev–Trinajstić information content (AvgIpc) is 2.62. The van der Waals surface area contributed by atoms with E-state index in [4.69, 9.17) is 0 Å². The molecule has 17 heavy (non-hydrogen) atoms. The van der Waals surface area contributed by atoms with Crippen molar-refractivity contribution in [3.8, 4) is 0 Å². The van der Waals surface area contributed by atoms with E-state index in [9.17, 15) is 4.79 Å². The molecular formula is C13H23N3O. The van der Waals surface area contributed by atoms with E-state index < -0.39 is 0 Å². The molecule has 0 unspecified atom stereocenters. The standard InChI is InChI=1S/C13H23N3O/c1-5-16(6-2)12-11-9(14-15-12)7-13(3,4)8-10(11)17/h9,11,14H,5-8H2,1-4H3/t9-,11+/m1/s1. The van der Waals surface area contributed by atoms with Crippen LogP contribution in [0.1, 0.15) is 40.5 Å². The Kier molecular flexibility index (Phi) is 3.15. The molecular weight excluding hydrogens is 214 g/mol. The van der Waals surface area contributed by atoms with Crippen LogP contribution in [0.4, 0.5) is 0 Å². The van der Waals surface area contributed by atoms with Gasteiger partial charge in [0.1, 0.15) is 11.6 Å². The molecule has 0 amide bonds. The zero-order valence-corrected chi connectivity index (χ0v) is 11.3. The molecule has 0 spiro atoms. The van der Waals surface area contributed by atoms with Crippen molar-refractivity contribution in [1.29, 1.82) is 0 Å². The van der Waals surface area contributed by atoms with Crippen LogP contribution in [0, 0.1) is 11.3 Å². The van der Waals surface area contributed by atoms with Crippen LogP contribution < -0.4 is 5.43 Å². The Morgan fingerprint density at radius 2 is 2.06 bits per heavy atom. The summed E-state index contributed by atoms with van der Waals surface area (Å²) in [6, 6.07) is 0.210. The molecule has 4 heteroatoms. The van der Waals surface area contributed by atoms with Gasteiger partial charge < -0.3 is 10.3 Å². The van der Waals surface area contributed by atoms with Gasteiger partial charge in [-0.05, 0) is 25.7 Å². The van der Waals surface area contributed by atoms with Crippen LogP contribution in [0.15, 0.2) is 5.10 Å². The summed E-state index contributed by atoms with van der Waals surface area (Å²) in [6.07, 6.45) is 1.70. The minimum absolute atomic E-state index is 0.0112. The molecule has 0 aromatic heterocycles. The van der Waals surface area contributed by atoms with Gasteiger partial charge in [0, 0.05) is 19.5 Å². The number of Topliss-reactive ketones (excluding diaryl/α,β-unsaturated/α-hetero) is 1. The van der Waals surface area contributed by atoms with Gasteiger partial charge in [-0.2, -0.15) is 5.10 Å². The van der Waals surface area contributed by atoms with Crippen molar-refractivity contribution in [1.82, 2.24) is 10.3 Å². The maximum absolute atomic E-state index is 12.3. The van der Waals surface area contributed by atoms with E-state index >= 15 is 0 Å². The highest BCUT2D eigenvalue weighted by molar-refractivity contribution is 6.06. The molecule has 1 aliphatic carbocycles. The highest BCUT2D eigenvalue weighted by atomic mass is 16.1. The lowest BCUT2D eigenvalue weighted by Crippen LogP contribution is -2.48. The number of hydrazone groups is 1. The summed E-state index contributed by atoms with van der Waals surface area (Å²) in [5.41, 5.74) is 3.28. The Bertz CT molecular complexity index is 345. The largest absolute Gasteiger partial charge is 0.359 e. The van der Waals surface area contributed by atoms with Crippen molar-refractivity contribution in [3.05, 3.63) is 0 Å². The summed E-state index contributed by atoms with van der Waals surface area (Å²) in [4.78, 5) is 14.5. The number of ketones is 1. The van der Waals surface area contributed by atoms with Gasteiger partial charge in [-0.25, -0.2) is 0 Å². The number of nitrogens with zero attached hydrogens (tertiary/aromatic N) is 2. The molecule has 1 aliphatic heterocycles. The van der Waals surface area contributed by atoms with Gasteiger partial charge in [-0.1, -0.05) is 13.8 Å². The van der Waals surface area contributed by atoms with Crippen LogP contribution >= 0.6 is 0 Å². The number of carbonyl (C=O) groups is 1. The third-order valence-electron chi connectivity index (χ3n) is 3.89. The summed E-state index contributed by atoms with van der Waals surface area (Å²) < 4.78 is 0. The SMILES string of the molecule is CCN(CC)C1=NN[C@@H]2CC(C)(C)CC(=O)[C@@H]12. The van der Waals surface area contributed by atoms with Crippen LogP contribution in [0.25, 0.3) is 0 Å². The number of hydrogen-bond donors (Lipinski definition) is 1. The fourth-order valence-electron chi connectivity index (χ4n) is 3.07. The van der Waals surface area contributed by atoms with Crippen molar-refractivity contribution in [2.24, 2.45) is 16.4 Å². The number of hydrogen-bond acceptors (Lipinski definition) is 4. The third-order valence-corrected chi connectivity index (χ3v) is 3.89. The molecule has 0 bridgehead atoms. The zero-order chi connectivity index (χ0) is 12.6. The fourth-order valence-corrected chi connectivity index (χ4v) is 3.07. The van der Waals surface area contributed by atoms with Crippen molar-refractivity contribution in [2.45, 2.75) is 46.6 Å². The lowest BCUT2D eigenvalue weighted by molar-refractivity contribution is -0.126. The van der Waals surface area contributed by atoms with Crippen LogP contribution in [-0.4, -0.2) is 35.7 Å². The highest BCUT2D eigenvalue weighted by Gasteiger charge is 2.46. The number of nitrogens with one attached hydrogen (secondary N) is 1. The molecule has 96 valence electrons. The van der Waals surface area contributed by atoms with Crippen molar-refractivity contribution < 1.29 is 4.79 Å². The van der Waals surface area contributed by atoms with Gasteiger partial charge in [0.2, 0.25) is 0 Å². The molecule has 2 rings (SSSR count). The number of amidine groups is 1. The molecule has 4 nitrogen and oxygen atoms in total. The molecule has 0 aromatic rings. The van der Waals surface area contributed by atoms with Crippen molar-refractivity contribution >= 4 is 11.6 Å². The fraction of sp³-hybridized carbons (Fsp3) is 0.846. The average molecular weight is 237 g/mol. The second kappa shape index (κ2) is 4.31. The van der Waals surface area contributed by atoms with Gasteiger partial charge in [-0.15, -0.1) is 0 Å². The molecule has 2 aliphatic rings. The van der Waals surface area contributed by atoms with Crippen LogP contribution in [-0.2, 0) is 4.79 Å². The van der Waals surface area contributed by atoms with E-state index in [0.717, 1.165) is 25.3 Å². The minimum atomic E-state index is -0.0112. The summed E-state index contributed by atoms with van der Waals surface area (Å²) in [7, 11) is 0. The second-order valence-corrected chi connectivity index (χ2v) is 5.87. The minimum Gasteiger partial charge on any atom is -0.359 e. The Morgan fingerprint density at radius 3 is 2.65 bits per heavy atom. The van der Waals surface area contributed by atoms with E-state index in [1.807, 2.05) is 0 Å². The molecule has 1 N–H and O–H groups in total. The van der Waals surface area contributed by atoms with Crippen LogP contribution in [0.5, 0.6) is 0 Å². The Morgan fingerprint density at radius 1 is 1.41 bits per heavy atom. The summed E-state index contributed by atoms with van der Waals surface area (Å²) in [6.45, 7) is 10.4. The van der Waals surface area contributed by atoms with Gasteiger partial charge in [-0.3, -0.25) is 4.79 Å². The normalized spacial score (nSPS) is 30.6. The maximum Gasteiger partial charge on any atom is 0.146 e. The number of carbonyl (C=O) groups excluding carboxylic acids is 1. The number of rotatable bonds is 2. The van der Waals surface area contributed by atoms with Gasteiger partial charge >= 0.3 is 0 Å². The van der Waals surface area contributed by atoms with Crippen molar-refractivity contribution in [3.63, 3.8) is 0 Å². The van der Waals surface area contributed by atoms with Gasteiger partial charge in [0.15, 0.2) is 0 Å². The lowest BCUT2D eigenvalue weighted by Gasteiger charge is -2.37. The van der Waals surface area contributed by atoms with E-state index in [1.165, 1.54) is 0 Å². The van der Waals surface area contributed by atoms with Crippen LogP contribution in [0.2, 0.25) is 0 Å². The van der Waals surface area contributed by atoms with Crippen molar-refractivity contribution in [2.75, 3.05) is 13.1 Å². The molecule has 0 saturated heterocycles. The van der Waals surface area contributed by atoms with E-state index in [0.29, 0.717) is 12.2 Å². The molecule has 0 radical (unpaired) electrons. The predicted octanol–water partition coefficient (Wildman–Crippen LogP) is 1.62. The summed E-state index contributed by atoms with van der Waals surface area (Å²) >= 11 is 0. The first-order valence-electron chi connectivity index (χ1n) is 6.59.